The molecular weight excluding hydrogens is 348 g/mol. The Kier molecular flexibility index (Phi) is 5.24. The summed E-state index contributed by atoms with van der Waals surface area (Å²) in [7, 11) is 0. The molecule has 130 valence electrons. The van der Waals surface area contributed by atoms with Crippen molar-refractivity contribution in [2.24, 2.45) is 0 Å². The van der Waals surface area contributed by atoms with E-state index in [1.54, 1.807) is 6.08 Å². The highest BCUT2D eigenvalue weighted by Gasteiger charge is 2.28. The minimum Gasteiger partial charge on any atom is -0.379 e. The first-order valence-corrected chi connectivity index (χ1v) is 9.13. The summed E-state index contributed by atoms with van der Waals surface area (Å²) < 4.78 is 7.25. The van der Waals surface area contributed by atoms with Crippen molar-refractivity contribution >= 4 is 39.9 Å². The molecule has 1 aliphatic heterocycles. The zero-order valence-corrected chi connectivity index (χ0v) is 15.4. The maximum Gasteiger partial charge on any atom is 0.244 e. The molecule has 8 heteroatoms. The van der Waals surface area contributed by atoms with Gasteiger partial charge in [-0.25, -0.2) is 4.98 Å². The third kappa shape index (κ3) is 3.80. The van der Waals surface area contributed by atoms with Gasteiger partial charge in [-0.05, 0) is 19.9 Å². The van der Waals surface area contributed by atoms with E-state index >= 15 is 0 Å². The number of carbonyl (C=O) groups excluding carboxylic acids is 1. The molecular formula is C16H21ClN4O2S. The predicted molar refractivity (Wildman–Crippen MR) is 96.6 cm³/mol. The summed E-state index contributed by atoms with van der Waals surface area (Å²) in [6.07, 6.45) is 5.09. The van der Waals surface area contributed by atoms with Crippen LogP contribution in [0.5, 0.6) is 0 Å². The Hall–Kier alpha value is -1.41. The molecule has 0 atom stereocenters. The summed E-state index contributed by atoms with van der Waals surface area (Å²) in [5, 5.41) is 5.30. The molecule has 24 heavy (non-hydrogen) atoms. The molecule has 1 amide bonds. The number of thiazole rings is 1. The summed E-state index contributed by atoms with van der Waals surface area (Å²) in [6.45, 7) is 8.10. The lowest BCUT2D eigenvalue weighted by molar-refractivity contribution is -0.117. The van der Waals surface area contributed by atoms with Gasteiger partial charge in [0.2, 0.25) is 5.91 Å². The third-order valence-corrected chi connectivity index (χ3v) is 5.24. The first-order valence-electron chi connectivity index (χ1n) is 7.87. The molecule has 3 rings (SSSR count). The van der Waals surface area contributed by atoms with Crippen LogP contribution in [0.1, 0.15) is 19.5 Å². The minimum absolute atomic E-state index is 0.109. The first kappa shape index (κ1) is 17.4. The fourth-order valence-electron chi connectivity index (χ4n) is 2.72. The molecule has 2 aromatic heterocycles. The Bertz CT molecular complexity index is 746. The molecule has 1 saturated heterocycles. The van der Waals surface area contributed by atoms with E-state index in [-0.39, 0.29) is 11.4 Å². The van der Waals surface area contributed by atoms with Gasteiger partial charge >= 0.3 is 0 Å². The SMILES string of the molecule is CC(C)(CNC(=O)/C=C/c1c(Cl)nc2sccn12)N1CCOCC1. The Morgan fingerprint density at radius 2 is 2.25 bits per heavy atom. The Morgan fingerprint density at radius 3 is 3.00 bits per heavy atom. The van der Waals surface area contributed by atoms with Crippen LogP contribution in [0.3, 0.4) is 0 Å². The van der Waals surface area contributed by atoms with Crippen molar-refractivity contribution in [1.29, 1.82) is 0 Å². The molecule has 0 bridgehead atoms. The van der Waals surface area contributed by atoms with Crippen LogP contribution in [0.4, 0.5) is 0 Å². The summed E-state index contributed by atoms with van der Waals surface area (Å²) >= 11 is 7.62. The van der Waals surface area contributed by atoms with Crippen molar-refractivity contribution in [3.8, 4) is 0 Å². The van der Waals surface area contributed by atoms with Crippen LogP contribution >= 0.6 is 22.9 Å². The number of hydrogen-bond donors (Lipinski definition) is 1. The molecule has 3 heterocycles. The number of imidazole rings is 1. The molecule has 6 nitrogen and oxygen atoms in total. The van der Waals surface area contributed by atoms with E-state index < -0.39 is 0 Å². The van der Waals surface area contributed by atoms with Crippen molar-refractivity contribution in [2.45, 2.75) is 19.4 Å². The molecule has 0 radical (unpaired) electrons. The van der Waals surface area contributed by atoms with Crippen LogP contribution in [0.2, 0.25) is 5.15 Å². The molecule has 1 fully saturated rings. The van der Waals surface area contributed by atoms with Gasteiger partial charge in [0, 0.05) is 42.8 Å². The second-order valence-corrected chi connectivity index (χ2v) is 7.54. The Labute approximate surface area is 150 Å². The molecule has 0 saturated carbocycles. The smallest absolute Gasteiger partial charge is 0.244 e. The normalized spacial score (nSPS) is 17.0. The average molecular weight is 369 g/mol. The van der Waals surface area contributed by atoms with Crippen LogP contribution in [0.25, 0.3) is 11.0 Å². The largest absolute Gasteiger partial charge is 0.379 e. The van der Waals surface area contributed by atoms with Gasteiger partial charge in [-0.15, -0.1) is 11.3 Å². The van der Waals surface area contributed by atoms with E-state index in [0.29, 0.717) is 11.7 Å². The van der Waals surface area contributed by atoms with Crippen molar-refractivity contribution in [3.05, 3.63) is 28.5 Å². The first-order chi connectivity index (χ1) is 11.5. The lowest BCUT2D eigenvalue weighted by atomic mass is 10.0. The average Bonchev–Trinajstić information content (AvgIpc) is 3.13. The minimum atomic E-state index is -0.141. The monoisotopic (exact) mass is 368 g/mol. The maximum absolute atomic E-state index is 12.1. The molecule has 1 N–H and O–H groups in total. The molecule has 2 aromatic rings. The predicted octanol–water partition coefficient (Wildman–Crippen LogP) is 2.29. The lowest BCUT2D eigenvalue weighted by Gasteiger charge is -2.40. The van der Waals surface area contributed by atoms with Crippen LogP contribution in [0, 0.1) is 0 Å². The highest BCUT2D eigenvalue weighted by molar-refractivity contribution is 7.15. The van der Waals surface area contributed by atoms with E-state index in [1.165, 1.54) is 17.4 Å². The quantitative estimate of drug-likeness (QED) is 0.823. The number of hydrogen-bond acceptors (Lipinski definition) is 5. The molecule has 0 aliphatic carbocycles. The number of ether oxygens (including phenoxy) is 1. The van der Waals surface area contributed by atoms with Crippen molar-refractivity contribution in [2.75, 3.05) is 32.8 Å². The van der Waals surface area contributed by atoms with Crippen LogP contribution in [-0.4, -0.2) is 58.6 Å². The summed E-state index contributed by atoms with van der Waals surface area (Å²) in [6, 6.07) is 0. The molecule has 0 spiro atoms. The topological polar surface area (TPSA) is 58.9 Å². The fraction of sp³-hybridized carbons (Fsp3) is 0.500. The molecule has 0 unspecified atom stereocenters. The second-order valence-electron chi connectivity index (χ2n) is 6.31. The number of amides is 1. The molecule has 1 aliphatic rings. The number of fused-ring (bicyclic) bond motifs is 1. The van der Waals surface area contributed by atoms with Crippen molar-refractivity contribution in [1.82, 2.24) is 19.6 Å². The highest BCUT2D eigenvalue weighted by Crippen LogP contribution is 2.22. The van der Waals surface area contributed by atoms with E-state index in [2.05, 4.69) is 29.0 Å². The number of morpholine rings is 1. The highest BCUT2D eigenvalue weighted by atomic mass is 35.5. The number of carbonyl (C=O) groups is 1. The van der Waals surface area contributed by atoms with Crippen LogP contribution < -0.4 is 5.32 Å². The van der Waals surface area contributed by atoms with E-state index in [1.807, 2.05) is 16.0 Å². The van der Waals surface area contributed by atoms with Gasteiger partial charge in [-0.1, -0.05) is 11.6 Å². The van der Waals surface area contributed by atoms with Crippen molar-refractivity contribution in [3.63, 3.8) is 0 Å². The third-order valence-electron chi connectivity index (χ3n) is 4.21. The zero-order valence-electron chi connectivity index (χ0n) is 13.8. The van der Waals surface area contributed by atoms with Crippen LogP contribution in [-0.2, 0) is 9.53 Å². The second kappa shape index (κ2) is 7.23. The maximum atomic E-state index is 12.1. The van der Waals surface area contributed by atoms with Gasteiger partial charge in [0.15, 0.2) is 10.1 Å². The van der Waals surface area contributed by atoms with Gasteiger partial charge in [0.25, 0.3) is 0 Å². The summed E-state index contributed by atoms with van der Waals surface area (Å²) in [5.41, 5.74) is 0.609. The summed E-state index contributed by atoms with van der Waals surface area (Å²) in [4.78, 5) is 19.5. The Balaban J connectivity index is 1.59. The van der Waals surface area contributed by atoms with Gasteiger partial charge in [-0.3, -0.25) is 14.1 Å². The summed E-state index contributed by atoms with van der Waals surface area (Å²) in [5.74, 6) is -0.141. The Morgan fingerprint density at radius 1 is 1.50 bits per heavy atom. The fourth-order valence-corrected chi connectivity index (χ4v) is 3.73. The standard InChI is InChI=1S/C16H21ClN4O2S/c1-16(2,20-5-8-23-9-6-20)11-18-13(22)4-3-12-14(17)19-15-21(12)7-10-24-15/h3-4,7,10H,5-6,8-9,11H2,1-2H3,(H,18,22)/b4-3+. The zero-order chi connectivity index (χ0) is 17.2. The number of nitrogens with zero attached hydrogens (tertiary/aromatic N) is 3. The van der Waals surface area contributed by atoms with Crippen molar-refractivity contribution < 1.29 is 9.53 Å². The van der Waals surface area contributed by atoms with E-state index in [9.17, 15) is 4.79 Å². The van der Waals surface area contributed by atoms with E-state index in [4.69, 9.17) is 16.3 Å². The van der Waals surface area contributed by atoms with Gasteiger partial charge in [-0.2, -0.15) is 0 Å². The molecule has 0 aromatic carbocycles. The van der Waals surface area contributed by atoms with Gasteiger partial charge in [0.05, 0.1) is 18.9 Å². The number of halogens is 1. The number of rotatable bonds is 5. The van der Waals surface area contributed by atoms with Gasteiger partial charge < -0.3 is 10.1 Å². The van der Waals surface area contributed by atoms with Gasteiger partial charge in [0.1, 0.15) is 0 Å². The van der Waals surface area contributed by atoms with E-state index in [0.717, 1.165) is 37.0 Å². The lowest BCUT2D eigenvalue weighted by Crippen LogP contribution is -2.55. The number of nitrogens with one attached hydrogen (secondary N) is 1. The van der Waals surface area contributed by atoms with Crippen LogP contribution in [0.15, 0.2) is 17.7 Å². The number of aromatic nitrogens is 2.